The van der Waals surface area contributed by atoms with Crippen LogP contribution in [0.25, 0.3) is 0 Å². The molecule has 0 aliphatic heterocycles. The Bertz CT molecular complexity index is 468. The molecular weight excluding hydrogens is 262 g/mol. The number of aromatic nitrogens is 2. The quantitative estimate of drug-likeness (QED) is 0.752. The summed E-state index contributed by atoms with van der Waals surface area (Å²) in [5.74, 6) is 0.348. The molecule has 1 heterocycles. The first-order valence-corrected chi connectivity index (χ1v) is 8.80. The number of rotatable bonds is 9. The average Bonchev–Trinajstić information content (AvgIpc) is 2.86. The normalized spacial score (nSPS) is 13.6. The van der Waals surface area contributed by atoms with Crippen LogP contribution in [-0.2, 0) is 16.4 Å². The second kappa shape index (κ2) is 7.65. The van der Waals surface area contributed by atoms with Crippen LogP contribution in [0, 0.1) is 0 Å². The molecule has 0 aliphatic rings. The Labute approximate surface area is 116 Å². The first-order valence-electron chi connectivity index (χ1n) is 6.98. The number of hydrogen-bond acceptors (Lipinski definition) is 4. The van der Waals surface area contributed by atoms with Crippen molar-refractivity contribution < 1.29 is 8.42 Å². The van der Waals surface area contributed by atoms with Crippen LogP contribution in [0.15, 0.2) is 12.4 Å². The maximum atomic E-state index is 11.5. The molecule has 0 fully saturated rings. The number of aryl methyl sites for hydroxylation is 1. The van der Waals surface area contributed by atoms with E-state index in [4.69, 9.17) is 0 Å². The summed E-state index contributed by atoms with van der Waals surface area (Å²) in [5.41, 5.74) is 1.13. The maximum absolute atomic E-state index is 11.5. The van der Waals surface area contributed by atoms with E-state index >= 15 is 0 Å². The highest BCUT2D eigenvalue weighted by atomic mass is 32.2. The van der Waals surface area contributed by atoms with Gasteiger partial charge in [0.1, 0.15) is 0 Å². The zero-order valence-electron chi connectivity index (χ0n) is 12.1. The lowest BCUT2D eigenvalue weighted by molar-refractivity contribution is 0.517. The minimum absolute atomic E-state index is 0.157. The Hall–Kier alpha value is -0.880. The fraction of sp³-hybridized carbons (Fsp3) is 0.769. The third-order valence-corrected chi connectivity index (χ3v) is 4.86. The topological polar surface area (TPSA) is 64.0 Å². The Kier molecular flexibility index (Phi) is 6.51. The molecule has 0 aliphatic carbocycles. The van der Waals surface area contributed by atoms with Crippen LogP contribution in [0.4, 0.5) is 0 Å². The van der Waals surface area contributed by atoms with E-state index < -0.39 is 9.84 Å². The Morgan fingerprint density at radius 1 is 1.37 bits per heavy atom. The van der Waals surface area contributed by atoms with E-state index in [-0.39, 0.29) is 11.5 Å². The van der Waals surface area contributed by atoms with Crippen molar-refractivity contribution in [2.24, 2.45) is 0 Å². The van der Waals surface area contributed by atoms with Crippen molar-refractivity contribution in [1.82, 2.24) is 15.1 Å². The van der Waals surface area contributed by atoms with Gasteiger partial charge in [0.15, 0.2) is 9.84 Å². The summed E-state index contributed by atoms with van der Waals surface area (Å²) in [6.45, 7) is 7.35. The number of nitrogens with one attached hydrogen (secondary N) is 1. The van der Waals surface area contributed by atoms with E-state index in [9.17, 15) is 8.42 Å². The largest absolute Gasteiger partial charge is 0.310 e. The van der Waals surface area contributed by atoms with Gasteiger partial charge in [-0.15, -0.1) is 0 Å². The summed E-state index contributed by atoms with van der Waals surface area (Å²) in [5, 5.41) is 7.70. The van der Waals surface area contributed by atoms with Crippen LogP contribution in [0.3, 0.4) is 0 Å². The lowest BCUT2D eigenvalue weighted by atomic mass is 10.1. The molecule has 1 rings (SSSR count). The number of sulfone groups is 1. The van der Waals surface area contributed by atoms with Crippen molar-refractivity contribution in [2.45, 2.75) is 46.2 Å². The van der Waals surface area contributed by atoms with Crippen molar-refractivity contribution in [3.63, 3.8) is 0 Å². The maximum Gasteiger partial charge on any atom is 0.151 e. The van der Waals surface area contributed by atoms with Gasteiger partial charge in [-0.25, -0.2) is 8.42 Å². The van der Waals surface area contributed by atoms with Gasteiger partial charge >= 0.3 is 0 Å². The van der Waals surface area contributed by atoms with Gasteiger partial charge in [-0.2, -0.15) is 5.10 Å². The Morgan fingerprint density at radius 2 is 2.11 bits per heavy atom. The zero-order chi connectivity index (χ0) is 14.3. The van der Waals surface area contributed by atoms with Crippen LogP contribution < -0.4 is 5.32 Å². The average molecular weight is 287 g/mol. The van der Waals surface area contributed by atoms with Gasteiger partial charge < -0.3 is 5.32 Å². The molecule has 0 bridgehead atoms. The van der Waals surface area contributed by atoms with Gasteiger partial charge in [0.05, 0.1) is 18.5 Å². The molecule has 0 radical (unpaired) electrons. The molecule has 0 saturated carbocycles. The molecule has 19 heavy (non-hydrogen) atoms. The van der Waals surface area contributed by atoms with Crippen LogP contribution in [0.1, 0.15) is 45.2 Å². The molecule has 0 saturated heterocycles. The molecule has 1 aromatic rings. The first-order chi connectivity index (χ1) is 9.02. The van der Waals surface area contributed by atoms with Crippen molar-refractivity contribution in [3.05, 3.63) is 18.0 Å². The third kappa shape index (κ3) is 5.32. The smallest absolute Gasteiger partial charge is 0.151 e. The molecular formula is C13H25N3O2S. The van der Waals surface area contributed by atoms with E-state index in [1.54, 1.807) is 11.6 Å². The molecule has 110 valence electrons. The zero-order valence-corrected chi connectivity index (χ0v) is 12.9. The van der Waals surface area contributed by atoms with Gasteiger partial charge in [-0.05, 0) is 19.4 Å². The van der Waals surface area contributed by atoms with E-state index in [2.05, 4.69) is 24.3 Å². The van der Waals surface area contributed by atoms with Gasteiger partial charge in [-0.3, -0.25) is 4.68 Å². The fourth-order valence-electron chi connectivity index (χ4n) is 1.88. The van der Waals surface area contributed by atoms with Crippen molar-refractivity contribution >= 4 is 9.84 Å². The van der Waals surface area contributed by atoms with Gasteiger partial charge in [0, 0.05) is 23.6 Å². The molecule has 1 unspecified atom stereocenters. The van der Waals surface area contributed by atoms with Crippen molar-refractivity contribution in [1.29, 1.82) is 0 Å². The summed E-state index contributed by atoms with van der Waals surface area (Å²) in [7, 11) is -2.92. The second-order valence-electron chi connectivity index (χ2n) is 4.69. The molecule has 0 spiro atoms. The van der Waals surface area contributed by atoms with Gasteiger partial charge in [0.2, 0.25) is 0 Å². The number of hydrogen-bond donors (Lipinski definition) is 1. The van der Waals surface area contributed by atoms with Crippen LogP contribution in [0.5, 0.6) is 0 Å². The SMILES string of the molecule is CCCNC(CC)c1cnn(CCS(=O)(=O)CC)c1. The van der Waals surface area contributed by atoms with Crippen molar-refractivity contribution in [2.75, 3.05) is 18.1 Å². The molecule has 0 amide bonds. The highest BCUT2D eigenvalue weighted by Crippen LogP contribution is 2.15. The van der Waals surface area contributed by atoms with E-state index in [1.807, 2.05) is 12.4 Å². The minimum Gasteiger partial charge on any atom is -0.310 e. The molecule has 6 heteroatoms. The minimum atomic E-state index is -2.92. The summed E-state index contributed by atoms with van der Waals surface area (Å²) >= 11 is 0. The molecule has 1 aromatic heterocycles. The third-order valence-electron chi connectivity index (χ3n) is 3.18. The van der Waals surface area contributed by atoms with Crippen molar-refractivity contribution in [3.8, 4) is 0 Å². The molecule has 5 nitrogen and oxygen atoms in total. The van der Waals surface area contributed by atoms with E-state index in [0.717, 1.165) is 24.9 Å². The molecule has 1 atom stereocenters. The van der Waals surface area contributed by atoms with Gasteiger partial charge in [0.25, 0.3) is 0 Å². The first kappa shape index (κ1) is 16.2. The monoisotopic (exact) mass is 287 g/mol. The van der Waals surface area contributed by atoms with E-state index in [0.29, 0.717) is 12.6 Å². The molecule has 1 N–H and O–H groups in total. The standard InChI is InChI=1S/C13H25N3O2S/c1-4-7-14-13(5-2)12-10-15-16(11-12)8-9-19(17,18)6-3/h10-11,13-14H,4-9H2,1-3H3. The Balaban J connectivity index is 2.60. The fourth-order valence-corrected chi connectivity index (χ4v) is 2.63. The van der Waals surface area contributed by atoms with E-state index in [1.165, 1.54) is 0 Å². The summed E-state index contributed by atoms with van der Waals surface area (Å²) < 4.78 is 24.6. The lowest BCUT2D eigenvalue weighted by Gasteiger charge is -2.14. The summed E-state index contributed by atoms with van der Waals surface area (Å²) in [6, 6.07) is 0.302. The van der Waals surface area contributed by atoms with Crippen LogP contribution >= 0.6 is 0 Å². The molecule has 0 aromatic carbocycles. The number of nitrogens with zero attached hydrogens (tertiary/aromatic N) is 2. The summed E-state index contributed by atoms with van der Waals surface area (Å²) in [6.07, 6.45) is 5.87. The second-order valence-corrected chi connectivity index (χ2v) is 7.16. The predicted molar refractivity (Wildman–Crippen MR) is 77.9 cm³/mol. The highest BCUT2D eigenvalue weighted by molar-refractivity contribution is 7.91. The summed E-state index contributed by atoms with van der Waals surface area (Å²) in [4.78, 5) is 0. The predicted octanol–water partition coefficient (Wildman–Crippen LogP) is 1.77. The Morgan fingerprint density at radius 3 is 2.68 bits per heavy atom. The highest BCUT2D eigenvalue weighted by Gasteiger charge is 2.12. The van der Waals surface area contributed by atoms with Crippen LogP contribution in [-0.4, -0.2) is 36.2 Å². The lowest BCUT2D eigenvalue weighted by Crippen LogP contribution is -2.21. The van der Waals surface area contributed by atoms with Gasteiger partial charge in [-0.1, -0.05) is 20.8 Å². The van der Waals surface area contributed by atoms with Crippen LogP contribution in [0.2, 0.25) is 0 Å².